The maximum absolute atomic E-state index is 10.4. The van der Waals surface area contributed by atoms with E-state index < -0.39 is 6.10 Å². The summed E-state index contributed by atoms with van der Waals surface area (Å²) in [5, 5.41) is 10.4. The highest BCUT2D eigenvalue weighted by molar-refractivity contribution is 5.43. The Kier molecular flexibility index (Phi) is 8.86. The van der Waals surface area contributed by atoms with Crippen molar-refractivity contribution in [3.05, 3.63) is 23.8 Å². The molecule has 2 aliphatic heterocycles. The van der Waals surface area contributed by atoms with Crippen LogP contribution in [0.4, 0.5) is 0 Å². The van der Waals surface area contributed by atoms with Crippen LogP contribution in [0.5, 0.6) is 11.5 Å². The number of likely N-dealkylation sites (tertiary alicyclic amines) is 1. The molecule has 3 rings (SSSR count). The molecule has 6 nitrogen and oxygen atoms in total. The Morgan fingerprint density at radius 2 is 1.75 bits per heavy atom. The van der Waals surface area contributed by atoms with E-state index in [1.807, 2.05) is 12.1 Å². The summed E-state index contributed by atoms with van der Waals surface area (Å²) in [5.41, 5.74) is 1.20. The van der Waals surface area contributed by atoms with Gasteiger partial charge in [-0.3, -0.25) is 4.90 Å². The van der Waals surface area contributed by atoms with Crippen molar-refractivity contribution in [3.63, 3.8) is 0 Å². The fraction of sp³-hybridized carbons (Fsp3) is 0.727. The van der Waals surface area contributed by atoms with Gasteiger partial charge >= 0.3 is 0 Å². The molecule has 0 aromatic heterocycles. The molecule has 0 spiro atoms. The molecule has 1 aromatic rings. The van der Waals surface area contributed by atoms with Crippen molar-refractivity contribution < 1.29 is 19.3 Å². The SMILES string of the molecule is COc1cc(CN2CCCOCC2)ccc1OC[C@H](O)CN1CCCCCC1. The molecule has 2 heterocycles. The second kappa shape index (κ2) is 11.6. The van der Waals surface area contributed by atoms with Crippen LogP contribution in [0.2, 0.25) is 0 Å². The van der Waals surface area contributed by atoms with Crippen molar-refractivity contribution in [1.29, 1.82) is 0 Å². The van der Waals surface area contributed by atoms with Gasteiger partial charge in [0, 0.05) is 32.8 Å². The Morgan fingerprint density at radius 3 is 2.54 bits per heavy atom. The Balaban J connectivity index is 1.50. The van der Waals surface area contributed by atoms with Crippen LogP contribution < -0.4 is 9.47 Å². The summed E-state index contributed by atoms with van der Waals surface area (Å²) in [6.07, 6.45) is 5.65. The van der Waals surface area contributed by atoms with Crippen LogP contribution in [-0.4, -0.2) is 80.7 Å². The summed E-state index contributed by atoms with van der Waals surface area (Å²) in [5.74, 6) is 1.42. The Hall–Kier alpha value is -1.34. The molecule has 1 atom stereocenters. The zero-order valence-electron chi connectivity index (χ0n) is 17.3. The first kappa shape index (κ1) is 21.4. The lowest BCUT2D eigenvalue weighted by Crippen LogP contribution is -2.36. The summed E-state index contributed by atoms with van der Waals surface area (Å²) in [6, 6.07) is 6.09. The van der Waals surface area contributed by atoms with Crippen molar-refractivity contribution in [1.82, 2.24) is 9.80 Å². The van der Waals surface area contributed by atoms with E-state index in [1.165, 1.54) is 31.2 Å². The van der Waals surface area contributed by atoms with E-state index >= 15 is 0 Å². The number of rotatable bonds is 8. The lowest BCUT2D eigenvalue weighted by atomic mass is 10.2. The van der Waals surface area contributed by atoms with Crippen molar-refractivity contribution in [2.45, 2.75) is 44.8 Å². The van der Waals surface area contributed by atoms with Crippen LogP contribution in [0.1, 0.15) is 37.7 Å². The normalized spacial score (nSPS) is 20.9. The largest absolute Gasteiger partial charge is 0.493 e. The van der Waals surface area contributed by atoms with Crippen molar-refractivity contribution in [3.8, 4) is 11.5 Å². The second-order valence-corrected chi connectivity index (χ2v) is 7.91. The fourth-order valence-corrected chi connectivity index (χ4v) is 4.00. The van der Waals surface area contributed by atoms with Crippen LogP contribution in [0.25, 0.3) is 0 Å². The highest BCUT2D eigenvalue weighted by atomic mass is 16.5. The molecular weight excluding hydrogens is 356 g/mol. The maximum Gasteiger partial charge on any atom is 0.161 e. The smallest absolute Gasteiger partial charge is 0.161 e. The number of aliphatic hydroxyl groups is 1. The molecule has 0 bridgehead atoms. The van der Waals surface area contributed by atoms with Gasteiger partial charge in [-0.2, -0.15) is 0 Å². The van der Waals surface area contributed by atoms with E-state index in [2.05, 4.69) is 15.9 Å². The molecule has 1 N–H and O–H groups in total. The molecule has 1 aromatic carbocycles. The van der Waals surface area contributed by atoms with Gasteiger partial charge in [0.15, 0.2) is 11.5 Å². The molecule has 2 aliphatic rings. The minimum Gasteiger partial charge on any atom is -0.493 e. The first-order chi connectivity index (χ1) is 13.7. The molecule has 2 fully saturated rings. The van der Waals surface area contributed by atoms with Gasteiger partial charge in [0.1, 0.15) is 12.7 Å². The van der Waals surface area contributed by atoms with Crippen molar-refractivity contribution >= 4 is 0 Å². The van der Waals surface area contributed by atoms with Gasteiger partial charge in [-0.25, -0.2) is 0 Å². The highest BCUT2D eigenvalue weighted by Crippen LogP contribution is 2.29. The first-order valence-corrected chi connectivity index (χ1v) is 10.7. The zero-order chi connectivity index (χ0) is 19.6. The minimum absolute atomic E-state index is 0.287. The molecular formula is C22H36N2O4. The summed E-state index contributed by atoms with van der Waals surface area (Å²) < 4.78 is 17.0. The molecule has 6 heteroatoms. The molecule has 0 aliphatic carbocycles. The molecule has 158 valence electrons. The van der Waals surface area contributed by atoms with Crippen LogP contribution in [0.15, 0.2) is 18.2 Å². The quantitative estimate of drug-likeness (QED) is 0.734. The topological polar surface area (TPSA) is 54.4 Å². The highest BCUT2D eigenvalue weighted by Gasteiger charge is 2.16. The number of hydrogen-bond donors (Lipinski definition) is 1. The second-order valence-electron chi connectivity index (χ2n) is 7.91. The lowest BCUT2D eigenvalue weighted by Gasteiger charge is -2.23. The van der Waals surface area contributed by atoms with Gasteiger partial charge in [-0.15, -0.1) is 0 Å². The summed E-state index contributed by atoms with van der Waals surface area (Å²) in [4.78, 5) is 4.76. The minimum atomic E-state index is -0.486. The number of methoxy groups -OCH3 is 1. The van der Waals surface area contributed by atoms with Crippen LogP contribution in [0, 0.1) is 0 Å². The number of aliphatic hydroxyl groups excluding tert-OH is 1. The Labute approximate surface area is 169 Å². The van der Waals surface area contributed by atoms with E-state index in [0.717, 1.165) is 58.1 Å². The zero-order valence-corrected chi connectivity index (χ0v) is 17.3. The number of β-amino-alcohol motifs (C(OH)–C–C–N with tert-alkyl or cyclic N) is 1. The monoisotopic (exact) mass is 392 g/mol. The average Bonchev–Trinajstić information content (AvgIpc) is 3.12. The third-order valence-electron chi connectivity index (χ3n) is 5.55. The summed E-state index contributed by atoms with van der Waals surface area (Å²) in [6.45, 7) is 7.68. The van der Waals surface area contributed by atoms with E-state index in [-0.39, 0.29) is 6.61 Å². The number of hydrogen-bond acceptors (Lipinski definition) is 6. The molecule has 0 amide bonds. The van der Waals surface area contributed by atoms with Crippen LogP contribution >= 0.6 is 0 Å². The predicted octanol–water partition coefficient (Wildman–Crippen LogP) is 2.53. The van der Waals surface area contributed by atoms with Gasteiger partial charge < -0.3 is 24.2 Å². The molecule has 0 radical (unpaired) electrons. The van der Waals surface area contributed by atoms with Gasteiger partial charge in [-0.1, -0.05) is 18.9 Å². The van der Waals surface area contributed by atoms with Crippen molar-refractivity contribution in [2.24, 2.45) is 0 Å². The molecule has 0 unspecified atom stereocenters. The average molecular weight is 393 g/mol. The first-order valence-electron chi connectivity index (χ1n) is 10.7. The van der Waals surface area contributed by atoms with Crippen LogP contribution in [0.3, 0.4) is 0 Å². The molecule has 2 saturated heterocycles. The molecule has 28 heavy (non-hydrogen) atoms. The van der Waals surface area contributed by atoms with Gasteiger partial charge in [-0.05, 0) is 50.0 Å². The van der Waals surface area contributed by atoms with E-state index in [4.69, 9.17) is 14.2 Å². The third kappa shape index (κ3) is 6.92. The standard InChI is InChI=1S/C22H36N2O4/c1-26-22-15-19(16-24-11-6-13-27-14-12-24)7-8-21(22)28-18-20(25)17-23-9-4-2-3-5-10-23/h7-8,15,20,25H,2-6,9-14,16-18H2,1H3/t20-/m1/s1. The summed E-state index contributed by atoms with van der Waals surface area (Å²) in [7, 11) is 1.67. The predicted molar refractivity (Wildman–Crippen MR) is 110 cm³/mol. The van der Waals surface area contributed by atoms with Crippen molar-refractivity contribution in [2.75, 3.05) is 59.7 Å². The maximum atomic E-state index is 10.4. The number of benzene rings is 1. The Morgan fingerprint density at radius 1 is 0.964 bits per heavy atom. The van der Waals surface area contributed by atoms with Gasteiger partial charge in [0.2, 0.25) is 0 Å². The number of nitrogens with zero attached hydrogens (tertiary/aromatic N) is 2. The van der Waals surface area contributed by atoms with E-state index in [9.17, 15) is 5.11 Å². The van der Waals surface area contributed by atoms with Gasteiger partial charge in [0.25, 0.3) is 0 Å². The summed E-state index contributed by atoms with van der Waals surface area (Å²) >= 11 is 0. The third-order valence-corrected chi connectivity index (χ3v) is 5.55. The Bertz CT molecular complexity index is 568. The molecule has 0 saturated carbocycles. The van der Waals surface area contributed by atoms with E-state index in [0.29, 0.717) is 12.3 Å². The number of ether oxygens (including phenoxy) is 3. The fourth-order valence-electron chi connectivity index (χ4n) is 4.00. The van der Waals surface area contributed by atoms with Crippen LogP contribution in [-0.2, 0) is 11.3 Å². The lowest BCUT2D eigenvalue weighted by molar-refractivity contribution is 0.0683. The van der Waals surface area contributed by atoms with E-state index in [1.54, 1.807) is 7.11 Å². The van der Waals surface area contributed by atoms with Gasteiger partial charge in [0.05, 0.1) is 13.7 Å².